The van der Waals surface area contributed by atoms with Crippen LogP contribution in [0.4, 0.5) is 0 Å². The van der Waals surface area contributed by atoms with Crippen LogP contribution in [-0.4, -0.2) is 11.9 Å². The Balaban J connectivity index is 2.29. The molecule has 2 aromatic carbocycles. The first-order valence-corrected chi connectivity index (χ1v) is 7.79. The van der Waals surface area contributed by atoms with Gasteiger partial charge in [0.05, 0.1) is 0 Å². The lowest BCUT2D eigenvalue weighted by Crippen LogP contribution is -2.11. The summed E-state index contributed by atoms with van der Waals surface area (Å²) >= 11 is 0. The molecular weight excluding hydrogens is 316 g/mol. The Kier molecular flexibility index (Phi) is 5.90. The minimum atomic E-state index is -0.477. The van der Waals surface area contributed by atoms with Gasteiger partial charge in [0.1, 0.15) is 11.5 Å². The summed E-state index contributed by atoms with van der Waals surface area (Å²) in [5.74, 6) is -0.0445. The number of hydrogen-bond acceptors (Lipinski definition) is 4. The Morgan fingerprint density at radius 1 is 0.760 bits per heavy atom. The van der Waals surface area contributed by atoms with Crippen LogP contribution in [0.5, 0.6) is 11.5 Å². The SMILES string of the molecule is C=C(C)C(=O)Oc1ccccc1Cc1ccccc1OC(=O)C(=C)C. The number of carbonyl (C=O) groups is 2. The highest BCUT2D eigenvalue weighted by Crippen LogP contribution is 2.27. The maximum Gasteiger partial charge on any atom is 0.338 e. The Morgan fingerprint density at radius 2 is 1.12 bits per heavy atom. The summed E-state index contributed by atoms with van der Waals surface area (Å²) in [7, 11) is 0. The summed E-state index contributed by atoms with van der Waals surface area (Å²) in [4.78, 5) is 23.6. The van der Waals surface area contributed by atoms with Crippen molar-refractivity contribution in [1.29, 1.82) is 0 Å². The molecule has 0 N–H and O–H groups in total. The van der Waals surface area contributed by atoms with Crippen molar-refractivity contribution in [1.82, 2.24) is 0 Å². The maximum atomic E-state index is 11.8. The molecule has 0 aliphatic rings. The summed E-state index contributed by atoms with van der Waals surface area (Å²) < 4.78 is 10.8. The van der Waals surface area contributed by atoms with E-state index in [1.54, 1.807) is 38.1 Å². The highest BCUT2D eigenvalue weighted by molar-refractivity contribution is 5.89. The van der Waals surface area contributed by atoms with Crippen LogP contribution in [0.2, 0.25) is 0 Å². The molecule has 2 rings (SSSR count). The lowest BCUT2D eigenvalue weighted by Gasteiger charge is -2.13. The van der Waals surface area contributed by atoms with E-state index < -0.39 is 11.9 Å². The zero-order valence-corrected chi connectivity index (χ0v) is 14.4. The van der Waals surface area contributed by atoms with Gasteiger partial charge < -0.3 is 9.47 Å². The van der Waals surface area contributed by atoms with Crippen molar-refractivity contribution < 1.29 is 19.1 Å². The fraction of sp³-hybridized carbons (Fsp3) is 0.143. The van der Waals surface area contributed by atoms with Crippen molar-refractivity contribution in [2.24, 2.45) is 0 Å². The van der Waals surface area contributed by atoms with Crippen LogP contribution in [0.15, 0.2) is 72.8 Å². The summed E-state index contributed by atoms with van der Waals surface area (Å²) in [5.41, 5.74) is 2.25. The van der Waals surface area contributed by atoms with E-state index in [1.807, 2.05) is 24.3 Å². The molecule has 0 atom stereocenters. The number of carbonyl (C=O) groups excluding carboxylic acids is 2. The molecule has 0 heterocycles. The molecule has 0 saturated heterocycles. The Labute approximate surface area is 147 Å². The number of benzene rings is 2. The molecule has 4 heteroatoms. The number of para-hydroxylation sites is 2. The largest absolute Gasteiger partial charge is 0.423 e. The third-order valence-corrected chi connectivity index (χ3v) is 3.43. The summed E-state index contributed by atoms with van der Waals surface area (Å²) in [6, 6.07) is 14.5. The topological polar surface area (TPSA) is 52.6 Å². The van der Waals surface area contributed by atoms with Crippen LogP contribution in [-0.2, 0) is 16.0 Å². The van der Waals surface area contributed by atoms with E-state index in [9.17, 15) is 9.59 Å². The minimum Gasteiger partial charge on any atom is -0.423 e. The second-order valence-corrected chi connectivity index (χ2v) is 5.73. The molecule has 0 amide bonds. The van der Waals surface area contributed by atoms with Gasteiger partial charge in [0.2, 0.25) is 0 Å². The van der Waals surface area contributed by atoms with Crippen LogP contribution in [0.3, 0.4) is 0 Å². The molecule has 0 bridgehead atoms. The van der Waals surface area contributed by atoms with Crippen LogP contribution in [0.1, 0.15) is 25.0 Å². The van der Waals surface area contributed by atoms with Gasteiger partial charge in [-0.05, 0) is 37.1 Å². The first-order chi connectivity index (χ1) is 11.9. The quantitative estimate of drug-likeness (QED) is 0.450. The van der Waals surface area contributed by atoms with Gasteiger partial charge in [0.25, 0.3) is 0 Å². The molecule has 25 heavy (non-hydrogen) atoms. The van der Waals surface area contributed by atoms with Crippen molar-refractivity contribution in [2.45, 2.75) is 20.3 Å². The highest BCUT2D eigenvalue weighted by Gasteiger charge is 2.14. The normalized spacial score (nSPS) is 10.0. The third-order valence-electron chi connectivity index (χ3n) is 3.43. The van der Waals surface area contributed by atoms with Crippen molar-refractivity contribution in [3.8, 4) is 11.5 Å². The Morgan fingerprint density at radius 3 is 1.48 bits per heavy atom. The van der Waals surface area contributed by atoms with Gasteiger partial charge in [-0.2, -0.15) is 0 Å². The average molecular weight is 336 g/mol. The summed E-state index contributed by atoms with van der Waals surface area (Å²) in [6.45, 7) is 10.4. The van der Waals surface area contributed by atoms with Gasteiger partial charge in [-0.3, -0.25) is 0 Å². The molecular formula is C21H20O4. The minimum absolute atomic E-state index is 0.325. The number of esters is 2. The van der Waals surface area contributed by atoms with Crippen LogP contribution in [0.25, 0.3) is 0 Å². The summed E-state index contributed by atoms with van der Waals surface area (Å²) in [6.07, 6.45) is 0.444. The molecule has 0 unspecified atom stereocenters. The Hall–Kier alpha value is -3.14. The second-order valence-electron chi connectivity index (χ2n) is 5.73. The van der Waals surface area contributed by atoms with E-state index in [1.165, 1.54) is 0 Å². The molecule has 0 fully saturated rings. The smallest absolute Gasteiger partial charge is 0.338 e. The van der Waals surface area contributed by atoms with Gasteiger partial charge in [0.15, 0.2) is 0 Å². The van der Waals surface area contributed by atoms with Crippen molar-refractivity contribution in [3.05, 3.63) is 84.0 Å². The zero-order valence-electron chi connectivity index (χ0n) is 14.4. The van der Waals surface area contributed by atoms with Gasteiger partial charge in [-0.25, -0.2) is 9.59 Å². The third kappa shape index (κ3) is 4.91. The van der Waals surface area contributed by atoms with Gasteiger partial charge >= 0.3 is 11.9 Å². The molecule has 0 spiro atoms. The Bertz CT molecular complexity index is 764. The fourth-order valence-electron chi connectivity index (χ4n) is 2.08. The standard InChI is InChI=1S/C21H20O4/c1-14(2)20(22)24-18-11-7-5-9-16(18)13-17-10-6-8-12-19(17)25-21(23)15(3)4/h5-12H,1,3,13H2,2,4H3. The van der Waals surface area contributed by atoms with Crippen LogP contribution in [0, 0.1) is 0 Å². The van der Waals surface area contributed by atoms with E-state index in [0.717, 1.165) is 11.1 Å². The van der Waals surface area contributed by atoms with Crippen LogP contribution >= 0.6 is 0 Å². The lowest BCUT2D eigenvalue weighted by atomic mass is 10.0. The maximum absolute atomic E-state index is 11.8. The number of rotatable bonds is 6. The molecule has 0 aromatic heterocycles. The van der Waals surface area contributed by atoms with Gasteiger partial charge in [-0.15, -0.1) is 0 Å². The zero-order chi connectivity index (χ0) is 18.4. The van der Waals surface area contributed by atoms with E-state index in [4.69, 9.17) is 9.47 Å². The molecule has 0 aliphatic heterocycles. The molecule has 0 aliphatic carbocycles. The first kappa shape index (κ1) is 18.2. The highest BCUT2D eigenvalue weighted by atomic mass is 16.5. The fourth-order valence-corrected chi connectivity index (χ4v) is 2.08. The number of ether oxygens (including phenoxy) is 2. The predicted molar refractivity (Wildman–Crippen MR) is 96.6 cm³/mol. The van der Waals surface area contributed by atoms with Gasteiger partial charge in [-0.1, -0.05) is 49.6 Å². The first-order valence-electron chi connectivity index (χ1n) is 7.79. The van der Waals surface area contributed by atoms with E-state index in [-0.39, 0.29) is 0 Å². The predicted octanol–water partition coefficient (Wildman–Crippen LogP) is 4.24. The monoisotopic (exact) mass is 336 g/mol. The van der Waals surface area contributed by atoms with E-state index in [2.05, 4.69) is 13.2 Å². The van der Waals surface area contributed by atoms with E-state index in [0.29, 0.717) is 29.1 Å². The van der Waals surface area contributed by atoms with Crippen molar-refractivity contribution >= 4 is 11.9 Å². The van der Waals surface area contributed by atoms with Gasteiger partial charge in [0, 0.05) is 17.6 Å². The molecule has 0 radical (unpaired) electrons. The molecule has 4 nitrogen and oxygen atoms in total. The number of hydrogen-bond donors (Lipinski definition) is 0. The lowest BCUT2D eigenvalue weighted by molar-refractivity contribution is -0.130. The van der Waals surface area contributed by atoms with Crippen molar-refractivity contribution in [2.75, 3.05) is 0 Å². The molecule has 0 saturated carbocycles. The van der Waals surface area contributed by atoms with Crippen LogP contribution < -0.4 is 9.47 Å². The second kappa shape index (κ2) is 8.11. The summed E-state index contributed by atoms with van der Waals surface area (Å²) in [5, 5.41) is 0. The molecule has 128 valence electrons. The molecule has 2 aromatic rings. The van der Waals surface area contributed by atoms with Crippen molar-refractivity contribution in [3.63, 3.8) is 0 Å². The average Bonchev–Trinajstić information content (AvgIpc) is 2.58. The van der Waals surface area contributed by atoms with E-state index >= 15 is 0 Å².